The fourth-order valence-electron chi connectivity index (χ4n) is 0.963. The first-order chi connectivity index (χ1) is 7.00. The quantitative estimate of drug-likeness (QED) is 0.897. The van der Waals surface area contributed by atoms with E-state index in [9.17, 15) is 9.18 Å². The molecule has 0 aromatic heterocycles. The summed E-state index contributed by atoms with van der Waals surface area (Å²) in [5.74, 6) is -0.509. The lowest BCUT2D eigenvalue weighted by atomic mass is 10.3. The number of carbonyl (C=O) groups excluding carboxylic acids is 1. The van der Waals surface area contributed by atoms with Crippen molar-refractivity contribution in [2.75, 3.05) is 5.32 Å². The molecule has 1 N–H and O–H groups in total. The maximum Gasteiger partial charge on any atom is 0.411 e. The maximum atomic E-state index is 13.2. The molecule has 0 unspecified atom stereocenters. The Bertz CT molecular complexity index is 348. The molecule has 1 rings (SSSR count). The number of hydrogen-bond donors (Lipinski definition) is 1. The second-order valence-electron chi connectivity index (χ2n) is 3.18. The minimum atomic E-state index is -0.671. The molecular formula is C10H11BrFNO2. The summed E-state index contributed by atoms with van der Waals surface area (Å²) in [6, 6.07) is 4.43. The summed E-state index contributed by atoms with van der Waals surface area (Å²) in [7, 11) is 0. The highest BCUT2D eigenvalue weighted by Gasteiger charge is 2.11. The van der Waals surface area contributed by atoms with Crippen molar-refractivity contribution in [1.29, 1.82) is 0 Å². The van der Waals surface area contributed by atoms with E-state index in [1.165, 1.54) is 6.07 Å². The van der Waals surface area contributed by atoms with Crippen LogP contribution < -0.4 is 5.32 Å². The second-order valence-corrected chi connectivity index (χ2v) is 4.03. The predicted molar refractivity (Wildman–Crippen MR) is 59.3 cm³/mol. The lowest BCUT2D eigenvalue weighted by Crippen LogP contribution is -2.18. The second kappa shape index (κ2) is 5.11. The van der Waals surface area contributed by atoms with Crippen LogP contribution in [0.4, 0.5) is 14.9 Å². The van der Waals surface area contributed by atoms with Gasteiger partial charge in [0.15, 0.2) is 0 Å². The standard InChI is InChI=1S/C10H11BrFNO2/c1-6(2)15-10(14)13-9-7(11)4-3-5-8(9)12/h3-6H,1-2H3,(H,13,14). The molecule has 0 aliphatic carbocycles. The van der Waals surface area contributed by atoms with Crippen LogP contribution in [-0.2, 0) is 4.74 Å². The highest BCUT2D eigenvalue weighted by atomic mass is 79.9. The molecule has 0 heterocycles. The Morgan fingerprint density at radius 1 is 1.53 bits per heavy atom. The van der Waals surface area contributed by atoms with Gasteiger partial charge in [0.05, 0.1) is 11.8 Å². The van der Waals surface area contributed by atoms with Gasteiger partial charge in [-0.2, -0.15) is 0 Å². The van der Waals surface area contributed by atoms with Crippen LogP contribution in [0.25, 0.3) is 0 Å². The van der Waals surface area contributed by atoms with Crippen molar-refractivity contribution < 1.29 is 13.9 Å². The molecule has 15 heavy (non-hydrogen) atoms. The average molecular weight is 276 g/mol. The van der Waals surface area contributed by atoms with Gasteiger partial charge in [0.1, 0.15) is 5.82 Å². The van der Waals surface area contributed by atoms with E-state index in [2.05, 4.69) is 21.2 Å². The highest BCUT2D eigenvalue weighted by molar-refractivity contribution is 9.10. The number of halogens is 2. The number of benzene rings is 1. The zero-order valence-corrected chi connectivity index (χ0v) is 9.97. The van der Waals surface area contributed by atoms with Crippen LogP contribution in [-0.4, -0.2) is 12.2 Å². The van der Waals surface area contributed by atoms with Crippen molar-refractivity contribution in [2.45, 2.75) is 20.0 Å². The van der Waals surface area contributed by atoms with Gasteiger partial charge in [-0.3, -0.25) is 5.32 Å². The lowest BCUT2D eigenvalue weighted by molar-refractivity contribution is 0.130. The first kappa shape index (κ1) is 12.0. The molecule has 0 bridgehead atoms. The number of rotatable bonds is 2. The predicted octanol–water partition coefficient (Wildman–Crippen LogP) is 3.55. The van der Waals surface area contributed by atoms with Crippen LogP contribution in [0.2, 0.25) is 0 Å². The summed E-state index contributed by atoms with van der Waals surface area (Å²) in [6.45, 7) is 3.44. The zero-order valence-electron chi connectivity index (χ0n) is 8.38. The van der Waals surface area contributed by atoms with Crippen molar-refractivity contribution in [3.63, 3.8) is 0 Å². The van der Waals surface area contributed by atoms with Gasteiger partial charge in [-0.25, -0.2) is 9.18 Å². The number of nitrogens with one attached hydrogen (secondary N) is 1. The summed E-state index contributed by atoms with van der Waals surface area (Å²) < 4.78 is 18.5. The third kappa shape index (κ3) is 3.51. The van der Waals surface area contributed by atoms with Crippen molar-refractivity contribution in [3.8, 4) is 0 Å². The van der Waals surface area contributed by atoms with Crippen LogP contribution in [0.5, 0.6) is 0 Å². The molecule has 0 saturated heterocycles. The maximum absolute atomic E-state index is 13.2. The number of para-hydroxylation sites is 1. The van der Waals surface area contributed by atoms with Crippen LogP contribution in [0, 0.1) is 5.82 Å². The molecule has 1 amide bonds. The van der Waals surface area contributed by atoms with Crippen molar-refractivity contribution in [2.24, 2.45) is 0 Å². The minimum Gasteiger partial charge on any atom is -0.447 e. The fraction of sp³-hybridized carbons (Fsp3) is 0.300. The van der Waals surface area contributed by atoms with E-state index in [0.29, 0.717) is 4.47 Å². The monoisotopic (exact) mass is 275 g/mol. The molecule has 0 saturated carbocycles. The lowest BCUT2D eigenvalue weighted by Gasteiger charge is -2.11. The van der Waals surface area contributed by atoms with Crippen molar-refractivity contribution in [1.82, 2.24) is 0 Å². The van der Waals surface area contributed by atoms with Gasteiger partial charge < -0.3 is 4.74 Å². The van der Waals surface area contributed by atoms with Crippen LogP contribution in [0.15, 0.2) is 22.7 Å². The third-order valence-corrected chi connectivity index (χ3v) is 2.19. The Morgan fingerprint density at radius 3 is 2.73 bits per heavy atom. The number of anilines is 1. The molecule has 1 aromatic rings. The van der Waals surface area contributed by atoms with Gasteiger partial charge >= 0.3 is 6.09 Å². The molecule has 0 spiro atoms. The Hall–Kier alpha value is -1.10. The normalized spacial score (nSPS) is 10.2. The summed E-state index contributed by atoms with van der Waals surface area (Å²) >= 11 is 3.13. The molecule has 3 nitrogen and oxygen atoms in total. The number of amides is 1. The van der Waals surface area contributed by atoms with E-state index >= 15 is 0 Å². The smallest absolute Gasteiger partial charge is 0.411 e. The summed E-state index contributed by atoms with van der Waals surface area (Å²) in [6.07, 6.45) is -0.911. The SMILES string of the molecule is CC(C)OC(=O)Nc1c(F)cccc1Br. The molecule has 0 radical (unpaired) electrons. The Morgan fingerprint density at radius 2 is 2.20 bits per heavy atom. The largest absolute Gasteiger partial charge is 0.447 e. The highest BCUT2D eigenvalue weighted by Crippen LogP contribution is 2.25. The Kier molecular flexibility index (Phi) is 4.08. The summed E-state index contributed by atoms with van der Waals surface area (Å²) in [5.41, 5.74) is 0.0863. The van der Waals surface area contributed by atoms with E-state index in [-0.39, 0.29) is 11.8 Å². The van der Waals surface area contributed by atoms with Gasteiger partial charge in [0.2, 0.25) is 0 Å². The molecule has 0 atom stereocenters. The first-order valence-corrected chi connectivity index (χ1v) is 5.21. The van der Waals surface area contributed by atoms with Crippen LogP contribution >= 0.6 is 15.9 Å². The van der Waals surface area contributed by atoms with Crippen molar-refractivity contribution >= 4 is 27.7 Å². The van der Waals surface area contributed by atoms with E-state index in [0.717, 1.165) is 0 Å². The zero-order chi connectivity index (χ0) is 11.4. The summed E-state index contributed by atoms with van der Waals surface area (Å²) in [5, 5.41) is 2.33. The number of hydrogen-bond acceptors (Lipinski definition) is 2. The van der Waals surface area contributed by atoms with Crippen molar-refractivity contribution in [3.05, 3.63) is 28.5 Å². The number of ether oxygens (including phenoxy) is 1. The minimum absolute atomic E-state index is 0.0863. The van der Waals surface area contributed by atoms with E-state index in [1.807, 2.05) is 0 Å². The molecule has 0 aliphatic rings. The topological polar surface area (TPSA) is 38.3 Å². The molecule has 82 valence electrons. The Labute approximate surface area is 95.7 Å². The fourth-order valence-corrected chi connectivity index (χ4v) is 1.40. The van der Waals surface area contributed by atoms with Gasteiger partial charge in [0, 0.05) is 4.47 Å². The Balaban J connectivity index is 2.76. The van der Waals surface area contributed by atoms with E-state index in [4.69, 9.17) is 4.74 Å². The third-order valence-electron chi connectivity index (χ3n) is 1.53. The number of carbonyl (C=O) groups is 1. The van der Waals surface area contributed by atoms with E-state index in [1.54, 1.807) is 26.0 Å². The van der Waals surface area contributed by atoms with Gasteiger partial charge in [-0.15, -0.1) is 0 Å². The average Bonchev–Trinajstić information content (AvgIpc) is 2.10. The van der Waals surface area contributed by atoms with Gasteiger partial charge in [-0.1, -0.05) is 6.07 Å². The molecule has 5 heteroatoms. The molecule has 0 aliphatic heterocycles. The van der Waals surface area contributed by atoms with Crippen LogP contribution in [0.3, 0.4) is 0 Å². The first-order valence-electron chi connectivity index (χ1n) is 4.42. The van der Waals surface area contributed by atoms with Gasteiger partial charge in [0.25, 0.3) is 0 Å². The van der Waals surface area contributed by atoms with Gasteiger partial charge in [-0.05, 0) is 41.9 Å². The molecular weight excluding hydrogens is 265 g/mol. The van der Waals surface area contributed by atoms with Crippen LogP contribution in [0.1, 0.15) is 13.8 Å². The van der Waals surface area contributed by atoms with E-state index < -0.39 is 11.9 Å². The summed E-state index contributed by atoms with van der Waals surface area (Å²) in [4.78, 5) is 11.2. The molecule has 1 aromatic carbocycles. The molecule has 0 fully saturated rings.